The topological polar surface area (TPSA) is 96.4 Å². The minimum absolute atomic E-state index is 0.0840. The molecule has 0 saturated carbocycles. The number of ether oxygens (including phenoxy) is 2. The van der Waals surface area contributed by atoms with Crippen LogP contribution in [-0.4, -0.2) is 83.3 Å². The summed E-state index contributed by atoms with van der Waals surface area (Å²) in [5.41, 5.74) is -1.00. The van der Waals surface area contributed by atoms with Gasteiger partial charge in [0, 0.05) is 26.2 Å². The Bertz CT molecular complexity index is 683. The van der Waals surface area contributed by atoms with Crippen molar-refractivity contribution in [2.45, 2.75) is 63.7 Å². The minimum atomic E-state index is -1.00. The van der Waals surface area contributed by atoms with Crippen LogP contribution in [0.4, 0.5) is 0 Å². The van der Waals surface area contributed by atoms with Crippen molar-refractivity contribution < 1.29 is 29.0 Å². The lowest BCUT2D eigenvalue weighted by molar-refractivity contribution is -0.155. The molecule has 8 heteroatoms. The van der Waals surface area contributed by atoms with Crippen molar-refractivity contribution in [1.29, 1.82) is 0 Å². The van der Waals surface area contributed by atoms with E-state index >= 15 is 0 Å². The fraction of sp³-hybridized carbons (Fsp3) is 0.773. The molecule has 0 radical (unpaired) electrons. The third-order valence-corrected chi connectivity index (χ3v) is 6.59. The molecule has 0 aromatic rings. The van der Waals surface area contributed by atoms with E-state index in [0.29, 0.717) is 32.4 Å². The number of hydrogen-bond acceptors (Lipinski definition) is 6. The first-order valence-corrected chi connectivity index (χ1v) is 11.1. The van der Waals surface area contributed by atoms with Gasteiger partial charge < -0.3 is 24.4 Å². The number of hydrogen-bond donors (Lipinski definition) is 1. The summed E-state index contributed by atoms with van der Waals surface area (Å²) in [6.45, 7) is 8.93. The molecule has 2 amide bonds. The van der Waals surface area contributed by atoms with Gasteiger partial charge >= 0.3 is 5.97 Å². The van der Waals surface area contributed by atoms with E-state index in [1.807, 2.05) is 0 Å². The van der Waals surface area contributed by atoms with Crippen molar-refractivity contribution in [3.05, 3.63) is 12.7 Å². The number of carbonyl (C=O) groups is 3. The van der Waals surface area contributed by atoms with Crippen molar-refractivity contribution in [3.63, 3.8) is 0 Å². The molecule has 0 aliphatic carbocycles. The van der Waals surface area contributed by atoms with Crippen molar-refractivity contribution in [2.24, 2.45) is 11.8 Å². The van der Waals surface area contributed by atoms with E-state index < -0.39 is 35.6 Å². The first kappa shape index (κ1) is 22.7. The molecule has 30 heavy (non-hydrogen) atoms. The van der Waals surface area contributed by atoms with Crippen molar-refractivity contribution in [1.82, 2.24) is 9.80 Å². The van der Waals surface area contributed by atoms with Crippen LogP contribution in [0.25, 0.3) is 0 Å². The van der Waals surface area contributed by atoms with Gasteiger partial charge in [0.05, 0.1) is 24.5 Å². The van der Waals surface area contributed by atoms with Gasteiger partial charge in [0.2, 0.25) is 11.8 Å². The third kappa shape index (κ3) is 3.64. The van der Waals surface area contributed by atoms with Crippen LogP contribution in [0.15, 0.2) is 12.7 Å². The summed E-state index contributed by atoms with van der Waals surface area (Å²) < 4.78 is 11.6. The molecule has 3 aliphatic rings. The van der Waals surface area contributed by atoms with Gasteiger partial charge in [0.15, 0.2) is 0 Å². The summed E-state index contributed by atoms with van der Waals surface area (Å²) in [7, 11) is 0. The van der Waals surface area contributed by atoms with E-state index in [9.17, 15) is 19.5 Å². The number of carbonyl (C=O) groups excluding carboxylic acids is 3. The average Bonchev–Trinajstić information content (AvgIpc) is 3.36. The highest BCUT2D eigenvalue weighted by Crippen LogP contribution is 2.58. The predicted octanol–water partition coefficient (Wildman–Crippen LogP) is 1.12. The number of aliphatic hydroxyl groups is 1. The number of rotatable bonds is 11. The molecule has 3 aliphatic heterocycles. The lowest BCUT2D eigenvalue weighted by atomic mass is 9.70. The normalized spacial score (nSPS) is 31.7. The largest absolute Gasteiger partial charge is 0.466 e. The second-order valence-electron chi connectivity index (χ2n) is 8.34. The van der Waals surface area contributed by atoms with Crippen molar-refractivity contribution in [2.75, 3.05) is 32.8 Å². The Hall–Kier alpha value is -1.93. The summed E-state index contributed by atoms with van der Waals surface area (Å²) in [4.78, 5) is 43.1. The molecule has 1 N–H and O–H groups in total. The fourth-order valence-corrected chi connectivity index (χ4v) is 5.39. The number of nitrogens with zero attached hydrogens (tertiary/aromatic N) is 2. The van der Waals surface area contributed by atoms with Gasteiger partial charge in [-0.3, -0.25) is 14.4 Å². The van der Waals surface area contributed by atoms with E-state index in [2.05, 4.69) is 13.5 Å². The van der Waals surface area contributed by atoms with Crippen LogP contribution in [0.3, 0.4) is 0 Å². The Balaban J connectivity index is 1.97. The first-order chi connectivity index (χ1) is 14.5. The molecular formula is C22H34N2O6. The highest BCUT2D eigenvalue weighted by Gasteiger charge is 2.74. The van der Waals surface area contributed by atoms with Crippen LogP contribution >= 0.6 is 0 Å². The molecule has 0 unspecified atom stereocenters. The molecule has 0 aromatic heterocycles. The zero-order valence-electron chi connectivity index (χ0n) is 18.0. The van der Waals surface area contributed by atoms with Gasteiger partial charge in [-0.15, -0.1) is 6.58 Å². The van der Waals surface area contributed by atoms with Gasteiger partial charge in [0.1, 0.15) is 11.6 Å². The number of amides is 2. The Labute approximate surface area is 178 Å². The minimum Gasteiger partial charge on any atom is -0.466 e. The quantitative estimate of drug-likeness (QED) is 0.396. The van der Waals surface area contributed by atoms with E-state index in [1.54, 1.807) is 22.8 Å². The summed E-state index contributed by atoms with van der Waals surface area (Å²) in [6.07, 6.45) is 4.64. The van der Waals surface area contributed by atoms with Crippen LogP contribution in [-0.2, 0) is 23.9 Å². The maximum Gasteiger partial charge on any atom is 0.312 e. The zero-order chi connectivity index (χ0) is 21.9. The Morgan fingerprint density at radius 2 is 2.17 bits per heavy atom. The van der Waals surface area contributed by atoms with Crippen LogP contribution in [0.2, 0.25) is 0 Å². The van der Waals surface area contributed by atoms with Crippen LogP contribution in [0, 0.1) is 11.8 Å². The maximum absolute atomic E-state index is 13.7. The number of aliphatic hydroxyl groups excluding tert-OH is 1. The Morgan fingerprint density at radius 3 is 2.80 bits per heavy atom. The number of unbranched alkanes of at least 4 members (excludes halogenated alkanes) is 1. The SMILES string of the molecule is C=CCN(CCCC)C(=O)[C@@H]1N(CCCO)C(=O)[C@H]2[C@H](C(=O)OCC)[C@@H]3CC[C@]12O3. The standard InChI is InChI=1S/C22H34N2O6/c1-4-7-12-23(11-5-2)20(27)18-22-10-9-15(30-22)16(21(28)29-6-3)17(22)19(26)24(18)13-8-14-25/h5,15-18,25H,2,4,6-14H2,1,3H3/t15-,16+,17+,18-,22+/m0/s1. The van der Waals surface area contributed by atoms with Crippen molar-refractivity contribution >= 4 is 17.8 Å². The molecule has 3 heterocycles. The first-order valence-electron chi connectivity index (χ1n) is 11.1. The molecule has 5 atom stereocenters. The Morgan fingerprint density at radius 1 is 1.40 bits per heavy atom. The number of esters is 1. The monoisotopic (exact) mass is 422 g/mol. The number of fused-ring (bicyclic) bond motifs is 1. The fourth-order valence-electron chi connectivity index (χ4n) is 5.39. The van der Waals surface area contributed by atoms with Gasteiger partial charge in [-0.25, -0.2) is 0 Å². The number of likely N-dealkylation sites (tertiary alicyclic amines) is 1. The molecule has 0 aromatic carbocycles. The lowest BCUT2D eigenvalue weighted by Crippen LogP contribution is -2.56. The van der Waals surface area contributed by atoms with Crippen LogP contribution in [0.5, 0.6) is 0 Å². The summed E-state index contributed by atoms with van der Waals surface area (Å²) in [6, 6.07) is -0.789. The Kier molecular flexibility index (Phi) is 7.18. The molecule has 2 bridgehead atoms. The van der Waals surface area contributed by atoms with Gasteiger partial charge in [0.25, 0.3) is 0 Å². The molecular weight excluding hydrogens is 388 g/mol. The molecule has 3 rings (SSSR count). The molecule has 1 spiro atoms. The zero-order valence-corrected chi connectivity index (χ0v) is 18.0. The second kappa shape index (κ2) is 9.47. The van der Waals surface area contributed by atoms with Crippen LogP contribution < -0.4 is 0 Å². The van der Waals surface area contributed by atoms with Gasteiger partial charge in [-0.1, -0.05) is 19.4 Å². The maximum atomic E-state index is 13.7. The lowest BCUT2D eigenvalue weighted by Gasteiger charge is -2.36. The summed E-state index contributed by atoms with van der Waals surface area (Å²) in [5, 5.41) is 9.34. The predicted molar refractivity (Wildman–Crippen MR) is 109 cm³/mol. The van der Waals surface area contributed by atoms with Crippen LogP contribution in [0.1, 0.15) is 46.0 Å². The molecule has 3 saturated heterocycles. The molecule has 168 valence electrons. The van der Waals surface area contributed by atoms with Gasteiger partial charge in [-0.2, -0.15) is 0 Å². The third-order valence-electron chi connectivity index (χ3n) is 6.59. The summed E-state index contributed by atoms with van der Waals surface area (Å²) in [5.74, 6) is -2.21. The smallest absolute Gasteiger partial charge is 0.312 e. The van der Waals surface area contributed by atoms with Gasteiger partial charge in [-0.05, 0) is 32.6 Å². The molecule has 3 fully saturated rings. The average molecular weight is 423 g/mol. The highest BCUT2D eigenvalue weighted by atomic mass is 16.6. The van der Waals surface area contributed by atoms with Crippen molar-refractivity contribution in [3.8, 4) is 0 Å². The molecule has 8 nitrogen and oxygen atoms in total. The highest BCUT2D eigenvalue weighted by molar-refractivity contribution is 5.98. The van der Waals surface area contributed by atoms with E-state index in [-0.39, 0.29) is 31.6 Å². The summed E-state index contributed by atoms with van der Waals surface area (Å²) >= 11 is 0. The van der Waals surface area contributed by atoms with E-state index in [0.717, 1.165) is 12.8 Å². The van der Waals surface area contributed by atoms with E-state index in [4.69, 9.17) is 9.47 Å². The van der Waals surface area contributed by atoms with E-state index in [1.165, 1.54) is 0 Å². The second-order valence-corrected chi connectivity index (χ2v) is 8.34.